The molecule has 2 heterocycles. The van der Waals surface area contributed by atoms with Crippen molar-refractivity contribution in [2.75, 3.05) is 17.2 Å². The molecule has 0 saturated heterocycles. The molecule has 2 aromatic heterocycles. The van der Waals surface area contributed by atoms with E-state index < -0.39 is 0 Å². The fourth-order valence-corrected chi connectivity index (χ4v) is 2.74. The summed E-state index contributed by atoms with van der Waals surface area (Å²) in [7, 11) is 0. The van der Waals surface area contributed by atoms with E-state index >= 15 is 0 Å². The summed E-state index contributed by atoms with van der Waals surface area (Å²) in [5, 5.41) is 5.99. The topological polar surface area (TPSA) is 66.9 Å². The molecule has 0 spiro atoms. The highest BCUT2D eigenvalue weighted by Gasteiger charge is 2.12. The maximum Gasteiger partial charge on any atom is 0.259 e. The Kier molecular flexibility index (Phi) is 3.79. The number of aromatic nitrogens is 2. The largest absolute Gasteiger partial charge is 0.370 e. The number of hydrogen-bond donors (Lipinski definition) is 2. The Bertz CT molecular complexity index is 784. The van der Waals surface area contributed by atoms with E-state index in [0.717, 1.165) is 15.9 Å². The Labute approximate surface area is 126 Å². The Hall–Kier alpha value is -2.47. The van der Waals surface area contributed by atoms with Crippen LogP contribution in [-0.2, 0) is 0 Å². The molecule has 3 rings (SSSR count). The molecule has 0 fully saturated rings. The van der Waals surface area contributed by atoms with E-state index in [1.165, 1.54) is 0 Å². The number of nitrogens with zero attached hydrogens (tertiary/aromatic N) is 2. The fraction of sp³-hybridized carbons (Fsp3) is 0.133. The van der Waals surface area contributed by atoms with Crippen LogP contribution in [0.5, 0.6) is 0 Å². The van der Waals surface area contributed by atoms with Gasteiger partial charge in [-0.1, -0.05) is 0 Å². The zero-order valence-electron chi connectivity index (χ0n) is 11.5. The maximum atomic E-state index is 12.4. The van der Waals surface area contributed by atoms with E-state index in [1.807, 2.05) is 25.1 Å². The molecule has 1 amide bonds. The van der Waals surface area contributed by atoms with E-state index in [2.05, 4.69) is 20.6 Å². The molecule has 0 bridgehead atoms. The van der Waals surface area contributed by atoms with Crippen LogP contribution in [0.4, 0.5) is 11.5 Å². The second kappa shape index (κ2) is 5.88. The first-order valence-corrected chi connectivity index (χ1v) is 7.49. The number of anilines is 2. The second-order valence-corrected chi connectivity index (χ2v) is 5.31. The third kappa shape index (κ3) is 2.85. The van der Waals surface area contributed by atoms with Crippen LogP contribution < -0.4 is 10.6 Å². The maximum absolute atomic E-state index is 12.4. The number of hydrogen-bond acceptors (Lipinski definition) is 5. The van der Waals surface area contributed by atoms with Gasteiger partial charge in [0.2, 0.25) is 0 Å². The minimum absolute atomic E-state index is 0.178. The molecule has 6 heteroatoms. The van der Waals surface area contributed by atoms with Crippen LogP contribution in [0.15, 0.2) is 42.0 Å². The summed E-state index contributed by atoms with van der Waals surface area (Å²) in [5.74, 6) is 0.416. The predicted octanol–water partition coefficient (Wildman–Crippen LogP) is 3.38. The molecule has 21 heavy (non-hydrogen) atoms. The van der Waals surface area contributed by atoms with E-state index in [4.69, 9.17) is 0 Å². The molecular formula is C15H14N4OS. The first-order chi connectivity index (χ1) is 10.3. The van der Waals surface area contributed by atoms with Gasteiger partial charge in [-0.15, -0.1) is 11.3 Å². The van der Waals surface area contributed by atoms with Crippen molar-refractivity contribution < 1.29 is 4.79 Å². The number of carbonyl (C=O) groups excluding carboxylic acids is 1. The van der Waals surface area contributed by atoms with Crippen molar-refractivity contribution in [1.82, 2.24) is 9.97 Å². The van der Waals surface area contributed by atoms with Gasteiger partial charge in [-0.2, -0.15) is 0 Å². The molecule has 3 aromatic rings. The summed E-state index contributed by atoms with van der Waals surface area (Å²) >= 11 is 1.55. The molecule has 0 aliphatic rings. The molecule has 0 aliphatic carbocycles. The number of benzene rings is 1. The van der Waals surface area contributed by atoms with Crippen LogP contribution in [-0.4, -0.2) is 22.4 Å². The van der Waals surface area contributed by atoms with Gasteiger partial charge in [0.1, 0.15) is 5.82 Å². The summed E-state index contributed by atoms with van der Waals surface area (Å²) < 4.78 is 1.05. The van der Waals surface area contributed by atoms with Gasteiger partial charge in [-0.25, -0.2) is 9.97 Å². The van der Waals surface area contributed by atoms with Crippen molar-refractivity contribution in [3.8, 4) is 0 Å². The second-order valence-electron chi connectivity index (χ2n) is 4.42. The lowest BCUT2D eigenvalue weighted by Crippen LogP contribution is -2.15. The number of fused-ring (bicyclic) bond motifs is 1. The third-order valence-corrected chi connectivity index (χ3v) is 3.78. The van der Waals surface area contributed by atoms with Gasteiger partial charge in [-0.05, 0) is 37.3 Å². The lowest BCUT2D eigenvalue weighted by molar-refractivity contribution is 0.102. The lowest BCUT2D eigenvalue weighted by Gasteiger charge is -2.09. The van der Waals surface area contributed by atoms with E-state index in [-0.39, 0.29) is 5.91 Å². The van der Waals surface area contributed by atoms with Crippen LogP contribution >= 0.6 is 11.3 Å². The van der Waals surface area contributed by atoms with Gasteiger partial charge in [0.25, 0.3) is 5.91 Å². The standard InChI is InChI=1S/C15H14N4OS/c1-2-16-14-11(4-3-7-17-14)15(20)19-10-5-6-12-13(8-10)21-9-18-12/h3-9H,2H2,1H3,(H,16,17)(H,19,20). The van der Waals surface area contributed by atoms with E-state index in [9.17, 15) is 4.79 Å². The summed E-state index contributed by atoms with van der Waals surface area (Å²) in [6, 6.07) is 9.18. The van der Waals surface area contributed by atoms with Gasteiger partial charge in [-0.3, -0.25) is 4.79 Å². The summed E-state index contributed by atoms with van der Waals surface area (Å²) in [5.41, 5.74) is 4.01. The minimum Gasteiger partial charge on any atom is -0.370 e. The number of carbonyl (C=O) groups is 1. The van der Waals surface area contributed by atoms with Crippen molar-refractivity contribution in [3.63, 3.8) is 0 Å². The Morgan fingerprint density at radius 1 is 1.29 bits per heavy atom. The molecule has 0 atom stereocenters. The van der Waals surface area contributed by atoms with Crippen LogP contribution in [0.3, 0.4) is 0 Å². The summed E-state index contributed by atoms with van der Waals surface area (Å²) in [6.45, 7) is 2.68. The molecule has 0 unspecified atom stereocenters. The number of thiazole rings is 1. The van der Waals surface area contributed by atoms with Crippen LogP contribution in [0, 0.1) is 0 Å². The minimum atomic E-state index is -0.178. The Morgan fingerprint density at radius 3 is 3.05 bits per heavy atom. The molecular weight excluding hydrogens is 284 g/mol. The van der Waals surface area contributed by atoms with Crippen molar-refractivity contribution in [2.45, 2.75) is 6.92 Å². The molecule has 2 N–H and O–H groups in total. The Morgan fingerprint density at radius 2 is 2.19 bits per heavy atom. The SMILES string of the molecule is CCNc1ncccc1C(=O)Nc1ccc2ncsc2c1. The molecule has 5 nitrogen and oxygen atoms in total. The average Bonchev–Trinajstić information content (AvgIpc) is 2.95. The van der Waals surface area contributed by atoms with Gasteiger partial charge in [0, 0.05) is 18.4 Å². The van der Waals surface area contributed by atoms with Crippen LogP contribution in [0.1, 0.15) is 17.3 Å². The Balaban J connectivity index is 1.85. The highest BCUT2D eigenvalue weighted by atomic mass is 32.1. The monoisotopic (exact) mass is 298 g/mol. The normalized spacial score (nSPS) is 10.5. The lowest BCUT2D eigenvalue weighted by atomic mass is 10.2. The summed E-state index contributed by atoms with van der Waals surface area (Å²) in [6.07, 6.45) is 1.66. The van der Waals surface area contributed by atoms with E-state index in [0.29, 0.717) is 17.9 Å². The number of nitrogens with one attached hydrogen (secondary N) is 2. The van der Waals surface area contributed by atoms with Crippen molar-refractivity contribution in [3.05, 3.63) is 47.6 Å². The molecule has 0 radical (unpaired) electrons. The van der Waals surface area contributed by atoms with Crippen LogP contribution in [0.25, 0.3) is 10.2 Å². The molecule has 0 aliphatic heterocycles. The van der Waals surface area contributed by atoms with Crippen molar-refractivity contribution in [2.24, 2.45) is 0 Å². The number of pyridine rings is 1. The summed E-state index contributed by atoms with van der Waals surface area (Å²) in [4.78, 5) is 20.8. The van der Waals surface area contributed by atoms with E-state index in [1.54, 1.807) is 35.2 Å². The van der Waals surface area contributed by atoms with Crippen molar-refractivity contribution >= 4 is 39.0 Å². The highest BCUT2D eigenvalue weighted by Crippen LogP contribution is 2.22. The first-order valence-electron chi connectivity index (χ1n) is 6.61. The van der Waals surface area contributed by atoms with Crippen molar-refractivity contribution in [1.29, 1.82) is 0 Å². The molecule has 106 valence electrons. The van der Waals surface area contributed by atoms with Gasteiger partial charge in [0.15, 0.2) is 0 Å². The first kappa shape index (κ1) is 13.5. The highest BCUT2D eigenvalue weighted by molar-refractivity contribution is 7.16. The fourth-order valence-electron chi connectivity index (χ4n) is 2.03. The predicted molar refractivity (Wildman–Crippen MR) is 86.0 cm³/mol. The van der Waals surface area contributed by atoms with Gasteiger partial charge in [0.05, 0.1) is 21.3 Å². The third-order valence-electron chi connectivity index (χ3n) is 2.99. The zero-order valence-corrected chi connectivity index (χ0v) is 12.3. The van der Waals surface area contributed by atoms with Gasteiger partial charge >= 0.3 is 0 Å². The quantitative estimate of drug-likeness (QED) is 0.775. The van der Waals surface area contributed by atoms with Crippen LogP contribution in [0.2, 0.25) is 0 Å². The number of rotatable bonds is 4. The molecule has 1 aromatic carbocycles. The average molecular weight is 298 g/mol. The molecule has 0 saturated carbocycles. The number of amides is 1. The smallest absolute Gasteiger partial charge is 0.259 e. The van der Waals surface area contributed by atoms with Gasteiger partial charge < -0.3 is 10.6 Å². The zero-order chi connectivity index (χ0) is 14.7.